The first kappa shape index (κ1) is 52.6. The molecule has 378 valence electrons. The van der Waals surface area contributed by atoms with Crippen molar-refractivity contribution < 1.29 is 66.5 Å². The van der Waals surface area contributed by atoms with Crippen molar-refractivity contribution >= 4 is 58.4 Å². The quantitative estimate of drug-likeness (QED) is 0.118. The minimum Gasteiger partial charge on any atom is -0.457 e. The number of esters is 3. The standard InChI is InChI=1S/C28H37FO7.C26H32ClFO5/c1-6-23(33)35-15-22(32)28(36-24(34)7-2)16(3)12-20-19-9-8-17-13-18(30)10-11-25(17,4)27(19,29)21(31)14-26(20,28)5;1-5-6-22(32)33-26(21(31)14-27)15(2)11-19-18-8-7-16-12-17(29)9-10-23(16,3)25(18,28)20(30)13-24(19,26)4/h10-11,13,16,19-21,31H,6-9,12,14-15H2,1-5H3;9-10,12,15,18-19H,5-8,11,13-14H2,1-4H3/t16-,19-,20-,21-,25-,26-,27-,28-;15-,18-,19-,23-,24-,25-,26-/m00/s1. The number of allylic oxidation sites excluding steroid dienone is 8. The molecule has 8 rings (SSSR count). The molecule has 0 aromatic rings. The van der Waals surface area contributed by atoms with Crippen LogP contribution in [-0.2, 0) is 52.6 Å². The third kappa shape index (κ3) is 7.22. The predicted octanol–water partition coefficient (Wildman–Crippen LogP) is 8.52. The van der Waals surface area contributed by atoms with Crippen molar-refractivity contribution in [1.82, 2.24) is 0 Å². The summed E-state index contributed by atoms with van der Waals surface area (Å²) in [4.78, 5) is 102. The normalized spacial score (nSPS) is 43.5. The average Bonchev–Trinajstić information content (AvgIpc) is 3.65. The van der Waals surface area contributed by atoms with Crippen molar-refractivity contribution in [2.24, 2.45) is 57.2 Å². The maximum absolute atomic E-state index is 17.4. The number of aliphatic hydroxyl groups excluding tert-OH is 1. The number of halogens is 3. The van der Waals surface area contributed by atoms with Crippen LogP contribution in [0.2, 0.25) is 0 Å². The van der Waals surface area contributed by atoms with Gasteiger partial charge in [-0.3, -0.25) is 38.4 Å². The summed E-state index contributed by atoms with van der Waals surface area (Å²) < 4.78 is 51.6. The van der Waals surface area contributed by atoms with Gasteiger partial charge in [0.2, 0.25) is 5.78 Å². The number of ketones is 5. The molecule has 0 radical (unpaired) electrons. The Morgan fingerprint density at radius 2 is 1.22 bits per heavy atom. The van der Waals surface area contributed by atoms with Crippen LogP contribution in [0.3, 0.4) is 0 Å². The summed E-state index contributed by atoms with van der Waals surface area (Å²) in [5, 5.41) is 11.5. The number of fused-ring (bicyclic) bond motifs is 10. The van der Waals surface area contributed by atoms with Crippen molar-refractivity contribution in [1.29, 1.82) is 0 Å². The molecule has 0 aliphatic heterocycles. The first-order valence-corrected chi connectivity index (χ1v) is 25.5. The average molecular weight is 984 g/mol. The number of rotatable bonds is 11. The summed E-state index contributed by atoms with van der Waals surface area (Å²) in [5.74, 6) is -6.75. The Bertz CT molecular complexity index is 2360. The summed E-state index contributed by atoms with van der Waals surface area (Å²) in [6, 6.07) is 0. The van der Waals surface area contributed by atoms with Crippen LogP contribution in [0, 0.1) is 57.2 Å². The maximum Gasteiger partial charge on any atom is 0.306 e. The van der Waals surface area contributed by atoms with Crippen LogP contribution in [0.5, 0.6) is 0 Å². The topological polar surface area (TPSA) is 184 Å². The largest absolute Gasteiger partial charge is 0.457 e. The molecule has 15 atom stereocenters. The molecule has 8 aliphatic carbocycles. The molecule has 6 fully saturated rings. The highest BCUT2D eigenvalue weighted by Crippen LogP contribution is 2.73. The Morgan fingerprint density at radius 1 is 0.710 bits per heavy atom. The summed E-state index contributed by atoms with van der Waals surface area (Å²) in [6.45, 7) is 15.2. The Hall–Kier alpha value is -4.17. The molecule has 1 N–H and O–H groups in total. The molecule has 69 heavy (non-hydrogen) atoms. The fourth-order valence-electron chi connectivity index (χ4n) is 15.7. The molecule has 0 unspecified atom stereocenters. The van der Waals surface area contributed by atoms with Crippen LogP contribution in [0.15, 0.2) is 47.6 Å². The Balaban J connectivity index is 0.000000205. The van der Waals surface area contributed by atoms with E-state index in [0.29, 0.717) is 56.1 Å². The second-order valence-corrected chi connectivity index (χ2v) is 22.4. The van der Waals surface area contributed by atoms with Crippen LogP contribution in [-0.4, -0.2) is 93.1 Å². The summed E-state index contributed by atoms with van der Waals surface area (Å²) in [7, 11) is 0. The van der Waals surface area contributed by atoms with Gasteiger partial charge in [-0.1, -0.05) is 71.8 Å². The van der Waals surface area contributed by atoms with E-state index in [2.05, 4.69) is 0 Å². The molecule has 0 aromatic heterocycles. The van der Waals surface area contributed by atoms with Gasteiger partial charge >= 0.3 is 17.9 Å². The number of carbonyl (C=O) groups excluding carboxylic acids is 8. The van der Waals surface area contributed by atoms with E-state index in [0.717, 1.165) is 0 Å². The Labute approximate surface area is 408 Å². The smallest absolute Gasteiger partial charge is 0.306 e. The fourth-order valence-corrected chi connectivity index (χ4v) is 15.9. The summed E-state index contributed by atoms with van der Waals surface area (Å²) >= 11 is 6.02. The number of Topliss-reactive ketones (excluding diaryl/α,β-unsaturated/α-hetero) is 3. The number of alkyl halides is 3. The first-order valence-electron chi connectivity index (χ1n) is 24.9. The molecule has 0 aromatic carbocycles. The monoisotopic (exact) mass is 982 g/mol. The van der Waals surface area contributed by atoms with E-state index in [1.165, 1.54) is 24.3 Å². The molecule has 12 nitrogen and oxygen atoms in total. The number of hydrogen-bond acceptors (Lipinski definition) is 12. The van der Waals surface area contributed by atoms with Crippen LogP contribution < -0.4 is 0 Å². The molecule has 8 aliphatic rings. The predicted molar refractivity (Wildman–Crippen MR) is 250 cm³/mol. The van der Waals surface area contributed by atoms with E-state index in [1.54, 1.807) is 53.7 Å². The van der Waals surface area contributed by atoms with Gasteiger partial charge in [-0.05, 0) is 101 Å². The van der Waals surface area contributed by atoms with Gasteiger partial charge in [-0.2, -0.15) is 0 Å². The zero-order chi connectivity index (χ0) is 51.1. The highest BCUT2D eigenvalue weighted by molar-refractivity contribution is 6.29. The third-order valence-corrected chi connectivity index (χ3v) is 19.3. The van der Waals surface area contributed by atoms with Crippen LogP contribution in [0.25, 0.3) is 0 Å². The summed E-state index contributed by atoms with van der Waals surface area (Å²) in [6.07, 6.45) is 10.5. The van der Waals surface area contributed by atoms with Gasteiger partial charge in [0.15, 0.2) is 52.3 Å². The number of carbonyl (C=O) groups is 8. The number of hydrogen-bond donors (Lipinski definition) is 1. The number of ether oxygens (including phenoxy) is 3. The van der Waals surface area contributed by atoms with Crippen LogP contribution in [0.4, 0.5) is 8.78 Å². The first-order chi connectivity index (χ1) is 32.2. The minimum atomic E-state index is -2.19. The molecule has 0 amide bonds. The van der Waals surface area contributed by atoms with E-state index >= 15 is 8.78 Å². The van der Waals surface area contributed by atoms with E-state index in [-0.39, 0.29) is 61.4 Å². The minimum absolute atomic E-state index is 0.0430. The highest BCUT2D eigenvalue weighted by Gasteiger charge is 2.79. The fraction of sp³-hybridized carbons (Fsp3) is 0.704. The Kier molecular flexibility index (Phi) is 13.8. The molecular weight excluding hydrogens is 914 g/mol. The lowest BCUT2D eigenvalue weighted by Gasteiger charge is -2.62. The molecule has 6 saturated carbocycles. The van der Waals surface area contributed by atoms with E-state index in [1.807, 2.05) is 20.8 Å². The van der Waals surface area contributed by atoms with Crippen LogP contribution in [0.1, 0.15) is 139 Å². The van der Waals surface area contributed by atoms with Crippen molar-refractivity contribution in [3.8, 4) is 0 Å². The maximum atomic E-state index is 17.4. The van der Waals surface area contributed by atoms with Crippen molar-refractivity contribution in [3.05, 3.63) is 47.6 Å². The number of aliphatic hydroxyl groups is 1. The third-order valence-electron chi connectivity index (χ3n) is 19.0. The van der Waals surface area contributed by atoms with Gasteiger partial charge in [0.25, 0.3) is 0 Å². The van der Waals surface area contributed by atoms with Gasteiger partial charge in [-0.25, -0.2) is 8.78 Å². The zero-order valence-corrected chi connectivity index (χ0v) is 42.2. The van der Waals surface area contributed by atoms with Gasteiger partial charge in [0.05, 0.1) is 12.0 Å². The second kappa shape index (κ2) is 18.1. The van der Waals surface area contributed by atoms with Crippen molar-refractivity contribution in [2.75, 3.05) is 12.5 Å². The molecule has 0 heterocycles. The molecule has 0 bridgehead atoms. The van der Waals surface area contributed by atoms with Gasteiger partial charge in [-0.15, -0.1) is 11.6 Å². The molecular formula is C54H69ClF2O12. The SMILES string of the molecule is CCC(=O)OCC(=O)[C@@]1(OC(=O)CC)[C@@H](C)C[C@H]2[C@@H]3CCC4=CC(=O)C=C[C@]4(C)[C@@]3(F)[C@@H](O)C[C@@]21C.CCCC(=O)O[C@]1(C(=O)CCl)[C@@H](C)C[C@H]2[C@@H]3CCC4=CC(=O)C=C[C@]4(C)[C@@]3(F)C(=O)C[C@@]21C. The molecule has 15 heteroatoms. The highest BCUT2D eigenvalue weighted by atomic mass is 35.5. The van der Waals surface area contributed by atoms with Crippen molar-refractivity contribution in [3.63, 3.8) is 0 Å². The van der Waals surface area contributed by atoms with E-state index in [9.17, 15) is 43.5 Å². The van der Waals surface area contributed by atoms with E-state index in [4.69, 9.17) is 25.8 Å². The summed E-state index contributed by atoms with van der Waals surface area (Å²) in [5.41, 5.74) is -10.6. The van der Waals surface area contributed by atoms with Gasteiger partial charge in [0, 0.05) is 71.0 Å². The van der Waals surface area contributed by atoms with E-state index < -0.39 is 116 Å². The Morgan fingerprint density at radius 3 is 1.77 bits per heavy atom. The van der Waals surface area contributed by atoms with Crippen molar-refractivity contribution in [2.45, 2.75) is 168 Å². The van der Waals surface area contributed by atoms with Gasteiger partial charge in [0.1, 0.15) is 0 Å². The lowest BCUT2D eigenvalue weighted by atomic mass is 9.44. The lowest BCUT2D eigenvalue weighted by Crippen LogP contribution is -2.70. The second-order valence-electron chi connectivity index (χ2n) is 22.1. The lowest BCUT2D eigenvalue weighted by molar-refractivity contribution is -0.228. The zero-order valence-electron chi connectivity index (χ0n) is 41.5. The van der Waals surface area contributed by atoms with Crippen LogP contribution >= 0.6 is 11.6 Å². The molecule has 0 spiro atoms. The van der Waals surface area contributed by atoms with Gasteiger partial charge < -0.3 is 19.3 Å². The molecule has 0 saturated heterocycles.